The van der Waals surface area contributed by atoms with Gasteiger partial charge in [0.05, 0.1) is 0 Å². The molecule has 4 rings (SSSR count). The van der Waals surface area contributed by atoms with Gasteiger partial charge in [-0.25, -0.2) is 0 Å². The van der Waals surface area contributed by atoms with Gasteiger partial charge in [-0.15, -0.1) is 0 Å². The van der Waals surface area contributed by atoms with Crippen LogP contribution in [0, 0.1) is 11.3 Å². The summed E-state index contributed by atoms with van der Waals surface area (Å²) >= 11 is 0. The van der Waals surface area contributed by atoms with Crippen LogP contribution in [-0.4, -0.2) is 0 Å². The zero-order valence-electron chi connectivity index (χ0n) is 15.2. The first kappa shape index (κ1) is 17.2. The van der Waals surface area contributed by atoms with E-state index in [2.05, 4.69) is 6.07 Å². The van der Waals surface area contributed by atoms with Crippen LogP contribution in [-0.2, 0) is 11.3 Å². The number of benzene rings is 2. The van der Waals surface area contributed by atoms with Crippen molar-refractivity contribution in [3.8, 4) is 11.8 Å². The molecule has 0 saturated heterocycles. The molecule has 0 radical (unpaired) electrons. The van der Waals surface area contributed by atoms with Crippen molar-refractivity contribution in [2.75, 3.05) is 0 Å². The van der Waals surface area contributed by atoms with Crippen molar-refractivity contribution in [1.82, 2.24) is 0 Å². The van der Waals surface area contributed by atoms with Gasteiger partial charge in [-0.1, -0.05) is 42.5 Å². The second-order valence-electron chi connectivity index (χ2n) is 6.92. The summed E-state index contributed by atoms with van der Waals surface area (Å²) in [5, 5.41) is 9.63. The highest BCUT2D eigenvalue weighted by molar-refractivity contribution is 5.50. The third-order valence-corrected chi connectivity index (χ3v) is 5.18. The Bertz CT molecular complexity index is 921. The summed E-state index contributed by atoms with van der Waals surface area (Å²) in [6.45, 7) is 0.531. The molecule has 0 fully saturated rings. The molecule has 136 valence electrons. The minimum atomic E-state index is -0.109. The monoisotopic (exact) mass is 358 g/mol. The largest absolute Gasteiger partial charge is 0.489 e. The average Bonchev–Trinajstić information content (AvgIpc) is 2.72. The first-order chi connectivity index (χ1) is 13.3. The maximum atomic E-state index is 9.63. The smallest absolute Gasteiger partial charge is 0.205 e. The fourth-order valence-corrected chi connectivity index (χ4v) is 3.81. The molecule has 0 unspecified atom stereocenters. The molecule has 1 aliphatic carbocycles. The number of hydrogen-bond donors (Lipinski definition) is 1. The molecule has 1 heterocycles. The molecule has 2 aromatic carbocycles. The van der Waals surface area contributed by atoms with Crippen LogP contribution in [0.15, 0.2) is 77.4 Å². The van der Waals surface area contributed by atoms with E-state index in [1.165, 1.54) is 5.57 Å². The number of rotatable bonds is 4. The van der Waals surface area contributed by atoms with E-state index < -0.39 is 0 Å². The van der Waals surface area contributed by atoms with Gasteiger partial charge in [-0.2, -0.15) is 5.26 Å². The molecule has 0 spiro atoms. The van der Waals surface area contributed by atoms with E-state index in [4.69, 9.17) is 15.2 Å². The fraction of sp³-hybridized carbons (Fsp3) is 0.261. The van der Waals surface area contributed by atoms with E-state index in [1.54, 1.807) is 0 Å². The molecule has 0 amide bonds. The lowest BCUT2D eigenvalue weighted by atomic mass is 9.78. The van der Waals surface area contributed by atoms with Crippen molar-refractivity contribution in [2.45, 2.75) is 38.2 Å². The standard InChI is InChI=1S/C23H22N2O2/c24-14-20-22(19-8-4-5-9-21(19)27-23(20)25)17-10-12-18(13-11-17)26-15-16-6-2-1-3-7-16/h1-3,6-7,10-13,22H,4-5,8-9,15,25H2/t22-/m1/s1. The molecule has 2 aliphatic rings. The lowest BCUT2D eigenvalue weighted by Gasteiger charge is -2.32. The third-order valence-electron chi connectivity index (χ3n) is 5.18. The molecule has 4 heteroatoms. The summed E-state index contributed by atoms with van der Waals surface area (Å²) in [7, 11) is 0. The minimum Gasteiger partial charge on any atom is -0.489 e. The highest BCUT2D eigenvalue weighted by atomic mass is 16.5. The topological polar surface area (TPSA) is 68.3 Å². The lowest BCUT2D eigenvalue weighted by Crippen LogP contribution is -2.22. The first-order valence-electron chi connectivity index (χ1n) is 9.32. The fourth-order valence-electron chi connectivity index (χ4n) is 3.81. The molecular formula is C23H22N2O2. The summed E-state index contributed by atoms with van der Waals surface area (Å²) < 4.78 is 11.6. The van der Waals surface area contributed by atoms with Crippen molar-refractivity contribution < 1.29 is 9.47 Å². The average molecular weight is 358 g/mol. The summed E-state index contributed by atoms with van der Waals surface area (Å²) in [5.41, 5.74) is 9.93. The number of ether oxygens (including phenoxy) is 2. The van der Waals surface area contributed by atoms with Crippen LogP contribution in [0.1, 0.15) is 42.7 Å². The molecule has 1 aliphatic heterocycles. The Hall–Kier alpha value is -3.19. The predicted molar refractivity (Wildman–Crippen MR) is 103 cm³/mol. The Kier molecular flexibility index (Phi) is 4.84. The Morgan fingerprint density at radius 1 is 1.04 bits per heavy atom. The zero-order chi connectivity index (χ0) is 18.6. The summed E-state index contributed by atoms with van der Waals surface area (Å²) in [4.78, 5) is 0. The number of hydrogen-bond acceptors (Lipinski definition) is 4. The highest BCUT2D eigenvalue weighted by Crippen LogP contribution is 2.44. The minimum absolute atomic E-state index is 0.109. The summed E-state index contributed by atoms with van der Waals surface area (Å²) in [6, 6.07) is 20.3. The molecule has 2 N–H and O–H groups in total. The zero-order valence-corrected chi connectivity index (χ0v) is 15.2. The Morgan fingerprint density at radius 2 is 1.78 bits per heavy atom. The first-order valence-corrected chi connectivity index (χ1v) is 9.32. The van der Waals surface area contributed by atoms with E-state index in [9.17, 15) is 5.26 Å². The van der Waals surface area contributed by atoms with Crippen molar-refractivity contribution in [2.24, 2.45) is 5.73 Å². The lowest BCUT2D eigenvalue weighted by molar-refractivity contribution is 0.251. The van der Waals surface area contributed by atoms with Gasteiger partial charge in [0.1, 0.15) is 29.8 Å². The van der Waals surface area contributed by atoms with Gasteiger partial charge in [-0.05, 0) is 48.1 Å². The highest BCUT2D eigenvalue weighted by Gasteiger charge is 2.33. The van der Waals surface area contributed by atoms with Crippen LogP contribution >= 0.6 is 0 Å². The summed E-state index contributed by atoms with van der Waals surface area (Å²) in [5.74, 6) is 1.89. The maximum absolute atomic E-state index is 9.63. The quantitative estimate of drug-likeness (QED) is 0.844. The molecule has 0 aromatic heterocycles. The van der Waals surface area contributed by atoms with Gasteiger partial charge in [0.2, 0.25) is 5.88 Å². The van der Waals surface area contributed by atoms with E-state index in [0.29, 0.717) is 12.2 Å². The third kappa shape index (κ3) is 3.54. The number of allylic oxidation sites excluding steroid dienone is 3. The van der Waals surface area contributed by atoms with Crippen molar-refractivity contribution in [1.29, 1.82) is 5.26 Å². The second kappa shape index (κ2) is 7.59. The molecular weight excluding hydrogens is 336 g/mol. The van der Waals surface area contributed by atoms with Gasteiger partial charge in [0, 0.05) is 12.3 Å². The Balaban J connectivity index is 1.57. The predicted octanol–water partition coefficient (Wildman–Crippen LogP) is 4.90. The van der Waals surface area contributed by atoms with Crippen LogP contribution in [0.2, 0.25) is 0 Å². The SMILES string of the molecule is N#CC1=C(N)OC2=C(CCCC2)[C@H]1c1ccc(OCc2ccccc2)cc1. The molecule has 0 bridgehead atoms. The molecule has 0 saturated carbocycles. The molecule has 2 aromatic rings. The van der Waals surface area contributed by atoms with E-state index in [-0.39, 0.29) is 11.8 Å². The number of nitriles is 1. The van der Waals surface area contributed by atoms with Gasteiger partial charge < -0.3 is 15.2 Å². The maximum Gasteiger partial charge on any atom is 0.205 e. The van der Waals surface area contributed by atoms with Crippen molar-refractivity contribution in [3.63, 3.8) is 0 Å². The van der Waals surface area contributed by atoms with Gasteiger partial charge >= 0.3 is 0 Å². The normalized spacial score (nSPS) is 19.1. The van der Waals surface area contributed by atoms with E-state index in [1.807, 2.05) is 54.6 Å². The van der Waals surface area contributed by atoms with Crippen LogP contribution in [0.5, 0.6) is 5.75 Å². The van der Waals surface area contributed by atoms with Crippen molar-refractivity contribution in [3.05, 3.63) is 88.5 Å². The number of nitrogens with two attached hydrogens (primary N) is 1. The second-order valence-corrected chi connectivity index (χ2v) is 6.92. The van der Waals surface area contributed by atoms with Gasteiger partial charge in [-0.3, -0.25) is 0 Å². The van der Waals surface area contributed by atoms with Gasteiger partial charge in [0.15, 0.2) is 0 Å². The van der Waals surface area contributed by atoms with Crippen molar-refractivity contribution >= 4 is 0 Å². The molecule has 1 atom stereocenters. The van der Waals surface area contributed by atoms with Crippen LogP contribution in [0.3, 0.4) is 0 Å². The summed E-state index contributed by atoms with van der Waals surface area (Å²) in [6.07, 6.45) is 4.07. The molecule has 27 heavy (non-hydrogen) atoms. The van der Waals surface area contributed by atoms with Crippen LogP contribution < -0.4 is 10.5 Å². The number of nitrogens with zero attached hydrogens (tertiary/aromatic N) is 1. The van der Waals surface area contributed by atoms with Crippen LogP contribution in [0.25, 0.3) is 0 Å². The van der Waals surface area contributed by atoms with Gasteiger partial charge in [0.25, 0.3) is 0 Å². The molecule has 4 nitrogen and oxygen atoms in total. The van der Waals surface area contributed by atoms with E-state index in [0.717, 1.165) is 48.3 Å². The Morgan fingerprint density at radius 3 is 2.52 bits per heavy atom. The Labute approximate surface area is 159 Å². The van der Waals surface area contributed by atoms with Crippen LogP contribution in [0.4, 0.5) is 0 Å². The van der Waals surface area contributed by atoms with E-state index >= 15 is 0 Å².